The second-order valence-electron chi connectivity index (χ2n) is 7.39. The monoisotopic (exact) mass is 465 g/mol. The van der Waals surface area contributed by atoms with E-state index in [2.05, 4.69) is 14.7 Å². The number of halogens is 3. The van der Waals surface area contributed by atoms with Gasteiger partial charge in [-0.1, -0.05) is 0 Å². The van der Waals surface area contributed by atoms with Crippen molar-refractivity contribution in [3.63, 3.8) is 0 Å². The maximum Gasteiger partial charge on any atom is 0.356 e. The second kappa shape index (κ2) is 8.14. The van der Waals surface area contributed by atoms with Crippen molar-refractivity contribution in [2.75, 3.05) is 20.2 Å². The van der Waals surface area contributed by atoms with Crippen molar-refractivity contribution in [1.82, 2.24) is 14.3 Å². The highest BCUT2D eigenvalue weighted by Crippen LogP contribution is 2.32. The van der Waals surface area contributed by atoms with Crippen LogP contribution in [0.25, 0.3) is 22.3 Å². The van der Waals surface area contributed by atoms with Gasteiger partial charge in [-0.25, -0.2) is 36.4 Å². The van der Waals surface area contributed by atoms with Crippen LogP contribution in [0.15, 0.2) is 35.2 Å². The van der Waals surface area contributed by atoms with E-state index in [0.717, 1.165) is 4.31 Å². The van der Waals surface area contributed by atoms with Gasteiger partial charge in [0.2, 0.25) is 10.0 Å². The zero-order valence-electron chi connectivity index (χ0n) is 17.1. The third-order valence-electron chi connectivity index (χ3n) is 5.28. The Balaban J connectivity index is 1.81. The molecule has 3 heterocycles. The van der Waals surface area contributed by atoms with Crippen LogP contribution in [0.4, 0.5) is 13.2 Å². The van der Waals surface area contributed by atoms with Gasteiger partial charge in [0.15, 0.2) is 11.3 Å². The van der Waals surface area contributed by atoms with Crippen molar-refractivity contribution in [1.29, 1.82) is 0 Å². The fourth-order valence-corrected chi connectivity index (χ4v) is 5.12. The van der Waals surface area contributed by atoms with Gasteiger partial charge < -0.3 is 4.74 Å². The normalized spacial score (nSPS) is 17.1. The number of nitrogens with zero attached hydrogens (tertiary/aromatic N) is 3. The number of aromatic nitrogens is 2. The number of fused-ring (bicyclic) bond motifs is 1. The molecule has 168 valence electrons. The first-order valence-electron chi connectivity index (χ1n) is 9.62. The van der Waals surface area contributed by atoms with Gasteiger partial charge in [-0.15, -0.1) is 0 Å². The summed E-state index contributed by atoms with van der Waals surface area (Å²) >= 11 is 0. The number of alkyl halides is 1. The molecule has 4 rings (SSSR count). The Morgan fingerprint density at radius 3 is 2.44 bits per heavy atom. The molecule has 0 N–H and O–H groups in total. The first-order valence-corrected chi connectivity index (χ1v) is 11.1. The molecule has 0 amide bonds. The Hall–Kier alpha value is -3.05. The van der Waals surface area contributed by atoms with E-state index in [9.17, 15) is 26.4 Å². The first kappa shape index (κ1) is 22.2. The van der Waals surface area contributed by atoms with Gasteiger partial charge in [0.25, 0.3) is 0 Å². The van der Waals surface area contributed by atoms with Crippen molar-refractivity contribution in [2.24, 2.45) is 0 Å². The zero-order chi connectivity index (χ0) is 23.2. The SMILES string of the molecule is COC(=O)c1ccc2c(C)cc(-c3c(F)cc(S(=O)(=O)N4CC[C@H](F)C4)cc3F)nc2n1. The maximum absolute atomic E-state index is 15.0. The number of sulfonamides is 1. The summed E-state index contributed by atoms with van der Waals surface area (Å²) in [5, 5.41) is 0.566. The molecule has 0 saturated carbocycles. The number of benzene rings is 1. The maximum atomic E-state index is 15.0. The number of hydrogen-bond donors (Lipinski definition) is 0. The van der Waals surface area contributed by atoms with E-state index in [4.69, 9.17) is 0 Å². The summed E-state index contributed by atoms with van der Waals surface area (Å²) in [4.78, 5) is 19.4. The molecule has 1 aromatic carbocycles. The predicted octanol–water partition coefficient (Wildman–Crippen LogP) is 3.40. The van der Waals surface area contributed by atoms with Crippen LogP contribution in [0, 0.1) is 18.6 Å². The summed E-state index contributed by atoms with van der Waals surface area (Å²) in [6, 6.07) is 5.87. The average Bonchev–Trinajstić information content (AvgIpc) is 3.19. The summed E-state index contributed by atoms with van der Waals surface area (Å²) in [5.74, 6) is -2.98. The number of carbonyl (C=O) groups excluding carboxylic acids is 1. The van der Waals surface area contributed by atoms with Gasteiger partial charge >= 0.3 is 5.97 Å². The molecular weight excluding hydrogens is 447 g/mol. The van der Waals surface area contributed by atoms with E-state index in [1.807, 2.05) is 0 Å². The lowest BCUT2D eigenvalue weighted by atomic mass is 10.1. The highest BCUT2D eigenvalue weighted by Gasteiger charge is 2.34. The van der Waals surface area contributed by atoms with E-state index < -0.39 is 44.3 Å². The van der Waals surface area contributed by atoms with Gasteiger partial charge in [0.05, 0.1) is 23.3 Å². The Labute approximate surface area is 181 Å². The van der Waals surface area contributed by atoms with Crippen molar-refractivity contribution < 1.29 is 31.1 Å². The second-order valence-corrected chi connectivity index (χ2v) is 9.33. The van der Waals surface area contributed by atoms with Gasteiger partial charge in [-0.2, -0.15) is 4.31 Å². The Morgan fingerprint density at radius 1 is 1.16 bits per heavy atom. The molecule has 0 radical (unpaired) electrons. The van der Waals surface area contributed by atoms with Crippen LogP contribution in [0.5, 0.6) is 0 Å². The van der Waals surface area contributed by atoms with E-state index in [0.29, 0.717) is 23.1 Å². The van der Waals surface area contributed by atoms with Gasteiger partial charge in [0.1, 0.15) is 17.8 Å². The molecule has 32 heavy (non-hydrogen) atoms. The van der Waals surface area contributed by atoms with Gasteiger partial charge in [-0.3, -0.25) is 0 Å². The van der Waals surface area contributed by atoms with Crippen LogP contribution < -0.4 is 0 Å². The van der Waals surface area contributed by atoms with E-state index in [1.165, 1.54) is 19.2 Å². The number of pyridine rings is 2. The molecule has 7 nitrogen and oxygen atoms in total. The average molecular weight is 465 g/mol. The topological polar surface area (TPSA) is 89.5 Å². The molecule has 2 aromatic heterocycles. The molecule has 1 saturated heterocycles. The third kappa shape index (κ3) is 3.82. The smallest absolute Gasteiger partial charge is 0.356 e. The Morgan fingerprint density at radius 2 is 1.84 bits per heavy atom. The van der Waals surface area contributed by atoms with Gasteiger partial charge in [0, 0.05) is 18.5 Å². The number of methoxy groups -OCH3 is 1. The Kier molecular flexibility index (Phi) is 5.63. The number of ether oxygens (including phenoxy) is 1. The van der Waals surface area contributed by atoms with E-state index >= 15 is 0 Å². The van der Waals surface area contributed by atoms with Crippen LogP contribution >= 0.6 is 0 Å². The largest absolute Gasteiger partial charge is 0.464 e. The minimum atomic E-state index is -4.25. The molecule has 1 fully saturated rings. The molecule has 1 atom stereocenters. The van der Waals surface area contributed by atoms with Crippen molar-refractivity contribution in [2.45, 2.75) is 24.4 Å². The predicted molar refractivity (Wildman–Crippen MR) is 109 cm³/mol. The fraction of sp³-hybridized carbons (Fsp3) is 0.286. The van der Waals surface area contributed by atoms with Crippen molar-refractivity contribution >= 4 is 27.0 Å². The van der Waals surface area contributed by atoms with Crippen LogP contribution in [-0.4, -0.2) is 55.0 Å². The lowest BCUT2D eigenvalue weighted by Crippen LogP contribution is -2.29. The highest BCUT2D eigenvalue weighted by molar-refractivity contribution is 7.89. The molecule has 11 heteroatoms. The molecule has 0 unspecified atom stereocenters. The molecule has 1 aliphatic heterocycles. The van der Waals surface area contributed by atoms with Crippen molar-refractivity contribution in [3.8, 4) is 11.3 Å². The fourth-order valence-electron chi connectivity index (χ4n) is 3.62. The van der Waals surface area contributed by atoms with Crippen LogP contribution in [0.1, 0.15) is 22.5 Å². The van der Waals surface area contributed by atoms with E-state index in [1.54, 1.807) is 13.0 Å². The van der Waals surface area contributed by atoms with Gasteiger partial charge in [-0.05, 0) is 49.2 Å². The number of aryl methyl sites for hydroxylation is 1. The summed E-state index contributed by atoms with van der Waals surface area (Å²) in [6.07, 6.45) is -1.28. The summed E-state index contributed by atoms with van der Waals surface area (Å²) < 4.78 is 74.1. The highest BCUT2D eigenvalue weighted by atomic mass is 32.2. The first-order chi connectivity index (χ1) is 15.1. The number of esters is 1. The molecule has 0 bridgehead atoms. The van der Waals surface area contributed by atoms with Crippen LogP contribution in [0.3, 0.4) is 0 Å². The zero-order valence-corrected chi connectivity index (χ0v) is 17.9. The minimum Gasteiger partial charge on any atom is -0.464 e. The quantitative estimate of drug-likeness (QED) is 0.549. The summed E-state index contributed by atoms with van der Waals surface area (Å²) in [6.45, 7) is 1.27. The molecule has 0 aliphatic carbocycles. The molecule has 3 aromatic rings. The number of hydrogen-bond acceptors (Lipinski definition) is 6. The minimum absolute atomic E-state index is 0.0248. The lowest BCUT2D eigenvalue weighted by molar-refractivity contribution is 0.0594. The molecule has 0 spiro atoms. The lowest BCUT2D eigenvalue weighted by Gasteiger charge is -2.16. The molecule has 1 aliphatic rings. The standard InChI is InChI=1S/C21H18F3N3O4S/c1-11-7-18(26-20-14(11)3-4-17(25-20)21(28)31-2)19-15(23)8-13(9-16(19)24)32(29,30)27-6-5-12(22)10-27/h3-4,7-9,12H,5-6,10H2,1-2H3/t12-/m0/s1. The van der Waals surface area contributed by atoms with E-state index in [-0.39, 0.29) is 36.5 Å². The van der Waals surface area contributed by atoms with Crippen molar-refractivity contribution in [3.05, 3.63) is 53.2 Å². The summed E-state index contributed by atoms with van der Waals surface area (Å²) in [7, 11) is -3.05. The molecular formula is C21H18F3N3O4S. The van der Waals surface area contributed by atoms with Crippen LogP contribution in [-0.2, 0) is 14.8 Å². The Bertz CT molecular complexity index is 1320. The number of rotatable bonds is 4. The van der Waals surface area contributed by atoms with Crippen LogP contribution in [0.2, 0.25) is 0 Å². The number of carbonyl (C=O) groups is 1. The third-order valence-corrected chi connectivity index (χ3v) is 7.12. The summed E-state index contributed by atoms with van der Waals surface area (Å²) in [5.41, 5.74) is -0.0133.